The molecule has 8 heteroatoms. The second-order valence-corrected chi connectivity index (χ2v) is 8.58. The molecule has 0 unspecified atom stereocenters. The first-order chi connectivity index (χ1) is 15.0. The van der Waals surface area contributed by atoms with Gasteiger partial charge in [-0.2, -0.15) is 0 Å². The number of nitrogens with one attached hydrogen (secondary N) is 1. The summed E-state index contributed by atoms with van der Waals surface area (Å²) in [5.41, 5.74) is 3.51. The van der Waals surface area contributed by atoms with Crippen LogP contribution >= 0.6 is 27.3 Å². The Morgan fingerprint density at radius 3 is 2.74 bits per heavy atom. The second kappa shape index (κ2) is 8.95. The number of fused-ring (bicyclic) bond motifs is 1. The van der Waals surface area contributed by atoms with E-state index in [2.05, 4.69) is 26.2 Å². The fraction of sp³-hybridized carbons (Fsp3) is 0.130. The SMILES string of the molecule is CCOC(=O)c1c(Nc2ccc(OC)cc2)sc(C=C2C=Nc3ccc(Br)cc32)c1O. The van der Waals surface area contributed by atoms with Gasteiger partial charge in [-0.1, -0.05) is 15.9 Å². The number of hydrogen-bond donors (Lipinski definition) is 2. The lowest BCUT2D eigenvalue weighted by Crippen LogP contribution is -2.06. The van der Waals surface area contributed by atoms with Gasteiger partial charge in [-0.3, -0.25) is 4.99 Å². The van der Waals surface area contributed by atoms with Crippen LogP contribution in [-0.2, 0) is 4.74 Å². The molecule has 0 spiro atoms. The average molecular weight is 499 g/mol. The van der Waals surface area contributed by atoms with Crippen molar-refractivity contribution >= 4 is 67.5 Å². The highest BCUT2D eigenvalue weighted by molar-refractivity contribution is 9.10. The van der Waals surface area contributed by atoms with E-state index in [1.54, 1.807) is 20.2 Å². The molecule has 0 bridgehead atoms. The van der Waals surface area contributed by atoms with Crippen molar-refractivity contribution in [1.82, 2.24) is 0 Å². The monoisotopic (exact) mass is 498 g/mol. The lowest BCUT2D eigenvalue weighted by Gasteiger charge is -2.08. The van der Waals surface area contributed by atoms with Gasteiger partial charge in [0, 0.05) is 27.5 Å². The zero-order valence-corrected chi connectivity index (χ0v) is 19.2. The third-order valence-electron chi connectivity index (χ3n) is 4.64. The average Bonchev–Trinajstić information content (AvgIpc) is 3.29. The first kappa shape index (κ1) is 21.1. The van der Waals surface area contributed by atoms with Crippen LogP contribution in [0.15, 0.2) is 51.9 Å². The number of hydrogen-bond acceptors (Lipinski definition) is 7. The van der Waals surface area contributed by atoms with Crippen LogP contribution < -0.4 is 10.1 Å². The lowest BCUT2D eigenvalue weighted by molar-refractivity contribution is 0.0525. The molecule has 0 saturated heterocycles. The predicted octanol–water partition coefficient (Wildman–Crippen LogP) is 6.40. The Morgan fingerprint density at radius 1 is 1.26 bits per heavy atom. The number of aliphatic imine (C=N–C) groups is 1. The summed E-state index contributed by atoms with van der Waals surface area (Å²) in [5.74, 6) is 0.0184. The first-order valence-electron chi connectivity index (χ1n) is 9.49. The van der Waals surface area contributed by atoms with Crippen molar-refractivity contribution in [2.45, 2.75) is 6.92 Å². The smallest absolute Gasteiger partial charge is 0.344 e. The van der Waals surface area contributed by atoms with E-state index in [1.807, 2.05) is 48.5 Å². The predicted molar refractivity (Wildman–Crippen MR) is 128 cm³/mol. The highest BCUT2D eigenvalue weighted by Gasteiger charge is 2.25. The summed E-state index contributed by atoms with van der Waals surface area (Å²) in [4.78, 5) is 17.5. The molecule has 0 aliphatic carbocycles. The van der Waals surface area contributed by atoms with E-state index in [-0.39, 0.29) is 17.9 Å². The Labute approximate surface area is 192 Å². The fourth-order valence-corrected chi connectivity index (χ4v) is 4.56. The van der Waals surface area contributed by atoms with Crippen molar-refractivity contribution in [3.05, 3.63) is 62.9 Å². The molecule has 2 aromatic carbocycles. The molecule has 3 aromatic rings. The van der Waals surface area contributed by atoms with Crippen molar-refractivity contribution in [3.8, 4) is 11.5 Å². The number of ether oxygens (including phenoxy) is 2. The first-order valence-corrected chi connectivity index (χ1v) is 11.1. The van der Waals surface area contributed by atoms with Gasteiger partial charge < -0.3 is 19.9 Å². The maximum absolute atomic E-state index is 12.6. The van der Waals surface area contributed by atoms with Crippen LogP contribution in [0.25, 0.3) is 11.6 Å². The largest absolute Gasteiger partial charge is 0.505 e. The highest BCUT2D eigenvalue weighted by atomic mass is 79.9. The lowest BCUT2D eigenvalue weighted by atomic mass is 10.1. The Kier molecular flexibility index (Phi) is 6.11. The van der Waals surface area contributed by atoms with Gasteiger partial charge in [0.2, 0.25) is 0 Å². The molecule has 2 heterocycles. The van der Waals surface area contributed by atoms with Crippen molar-refractivity contribution in [2.24, 2.45) is 4.99 Å². The number of halogens is 1. The molecular formula is C23H19BrN2O4S. The van der Waals surface area contributed by atoms with Gasteiger partial charge in [0.05, 0.1) is 24.3 Å². The molecule has 158 valence electrons. The number of benzene rings is 2. The Hall–Kier alpha value is -3.10. The van der Waals surface area contributed by atoms with Crippen LogP contribution in [0.1, 0.15) is 27.7 Å². The van der Waals surface area contributed by atoms with Crippen molar-refractivity contribution < 1.29 is 19.4 Å². The Balaban J connectivity index is 1.74. The second-order valence-electron chi connectivity index (χ2n) is 6.61. The van der Waals surface area contributed by atoms with Crippen molar-refractivity contribution in [1.29, 1.82) is 0 Å². The summed E-state index contributed by atoms with van der Waals surface area (Å²) < 4.78 is 11.3. The number of carbonyl (C=O) groups excluding carboxylic acids is 1. The zero-order valence-electron chi connectivity index (χ0n) is 16.8. The van der Waals surface area contributed by atoms with Gasteiger partial charge in [0.1, 0.15) is 22.1 Å². The molecule has 2 N–H and O–H groups in total. The molecule has 1 aliphatic rings. The molecule has 0 amide bonds. The van der Waals surface area contributed by atoms with Crippen LogP contribution in [-0.4, -0.2) is 31.0 Å². The van der Waals surface area contributed by atoms with E-state index < -0.39 is 5.97 Å². The highest BCUT2D eigenvalue weighted by Crippen LogP contribution is 2.44. The number of aromatic hydroxyl groups is 1. The number of allylic oxidation sites excluding steroid dienone is 1. The molecule has 0 radical (unpaired) electrons. The summed E-state index contributed by atoms with van der Waals surface area (Å²) in [6.45, 7) is 1.94. The van der Waals surface area contributed by atoms with Crippen LogP contribution in [0.2, 0.25) is 0 Å². The normalized spacial score (nSPS) is 13.3. The van der Waals surface area contributed by atoms with Crippen molar-refractivity contribution in [3.63, 3.8) is 0 Å². The fourth-order valence-electron chi connectivity index (χ4n) is 3.14. The molecule has 4 rings (SSSR count). The van der Waals surface area contributed by atoms with Crippen LogP contribution in [0.3, 0.4) is 0 Å². The van der Waals surface area contributed by atoms with Gasteiger partial charge in [-0.25, -0.2) is 4.79 Å². The molecule has 1 aromatic heterocycles. The maximum Gasteiger partial charge on any atom is 0.344 e. The molecule has 0 fully saturated rings. The van der Waals surface area contributed by atoms with Gasteiger partial charge in [0.25, 0.3) is 0 Å². The molecule has 6 nitrogen and oxygen atoms in total. The Bertz CT molecular complexity index is 1200. The minimum Gasteiger partial charge on any atom is -0.505 e. The summed E-state index contributed by atoms with van der Waals surface area (Å²) in [6.07, 6.45) is 3.57. The third-order valence-corrected chi connectivity index (χ3v) is 6.17. The molecule has 0 atom stereocenters. The number of methoxy groups -OCH3 is 1. The Morgan fingerprint density at radius 2 is 2.03 bits per heavy atom. The van der Waals surface area contributed by atoms with E-state index in [0.717, 1.165) is 32.7 Å². The van der Waals surface area contributed by atoms with E-state index in [4.69, 9.17) is 9.47 Å². The third kappa shape index (κ3) is 4.35. The summed E-state index contributed by atoms with van der Waals surface area (Å²) in [5, 5.41) is 14.6. The number of nitrogens with zero attached hydrogens (tertiary/aromatic N) is 1. The summed E-state index contributed by atoms with van der Waals surface area (Å²) in [6, 6.07) is 13.1. The van der Waals surface area contributed by atoms with Gasteiger partial charge in [0.15, 0.2) is 0 Å². The zero-order chi connectivity index (χ0) is 22.0. The van der Waals surface area contributed by atoms with Gasteiger partial charge in [-0.15, -0.1) is 11.3 Å². The van der Waals surface area contributed by atoms with Crippen LogP contribution in [0.5, 0.6) is 11.5 Å². The topological polar surface area (TPSA) is 80.2 Å². The number of anilines is 2. The van der Waals surface area contributed by atoms with E-state index >= 15 is 0 Å². The maximum atomic E-state index is 12.6. The van der Waals surface area contributed by atoms with E-state index in [0.29, 0.717) is 9.88 Å². The quantitative estimate of drug-likeness (QED) is 0.384. The van der Waals surface area contributed by atoms with Crippen molar-refractivity contribution in [2.75, 3.05) is 19.0 Å². The standard InChI is InChI=1S/C23H19BrN2O4S/c1-3-30-23(28)20-21(27)19(10-13-12-25-18-9-4-14(24)11-17(13)18)31-22(20)26-15-5-7-16(29-2)8-6-15/h4-12,26-27H,3H2,1-2H3. The summed E-state index contributed by atoms with van der Waals surface area (Å²) in [7, 11) is 1.60. The number of thiophene rings is 1. The number of carbonyl (C=O) groups is 1. The van der Waals surface area contributed by atoms with Gasteiger partial charge >= 0.3 is 5.97 Å². The van der Waals surface area contributed by atoms with E-state index in [1.165, 1.54) is 11.3 Å². The minimum atomic E-state index is -0.583. The summed E-state index contributed by atoms with van der Waals surface area (Å²) >= 11 is 4.75. The van der Waals surface area contributed by atoms with E-state index in [9.17, 15) is 9.90 Å². The molecule has 1 aliphatic heterocycles. The number of esters is 1. The molecular weight excluding hydrogens is 480 g/mol. The molecule has 31 heavy (non-hydrogen) atoms. The van der Waals surface area contributed by atoms with Crippen LogP contribution in [0.4, 0.5) is 16.4 Å². The molecule has 0 saturated carbocycles. The minimum absolute atomic E-state index is 0.110. The van der Waals surface area contributed by atoms with Gasteiger partial charge in [-0.05, 0) is 55.5 Å². The van der Waals surface area contributed by atoms with Crippen LogP contribution in [0, 0.1) is 0 Å². The number of rotatable bonds is 6.